The quantitative estimate of drug-likeness (QED) is 0.288. The predicted octanol–water partition coefficient (Wildman–Crippen LogP) is 3.96. The number of rotatable bonds is 11. The molecule has 1 unspecified atom stereocenters. The Kier molecular flexibility index (Phi) is 14.7. The highest BCUT2D eigenvalue weighted by atomic mass is 127. The molecule has 6 heteroatoms. The molecule has 150 valence electrons. The van der Waals surface area contributed by atoms with Gasteiger partial charge in [0, 0.05) is 26.8 Å². The standard InChI is InChI=1S/C20H35N3O2.HI/c1-6-21-20(22-13-12-19(16(3)4)25-7-2)23-14-17-10-8-9-11-18(17)15-24-5;/h8-11,16,19H,6-7,12-15H2,1-5H3,(H2,21,22,23);1H. The summed E-state index contributed by atoms with van der Waals surface area (Å²) in [6.07, 6.45) is 1.25. The number of halogens is 1. The van der Waals surface area contributed by atoms with Crippen molar-refractivity contribution in [1.29, 1.82) is 0 Å². The molecular formula is C20H36IN3O2. The second kappa shape index (κ2) is 15.2. The molecule has 5 nitrogen and oxygen atoms in total. The van der Waals surface area contributed by atoms with E-state index in [2.05, 4.69) is 43.5 Å². The van der Waals surface area contributed by atoms with Gasteiger partial charge in [0.25, 0.3) is 0 Å². The first-order chi connectivity index (χ1) is 12.1. The van der Waals surface area contributed by atoms with Gasteiger partial charge in [-0.05, 0) is 37.3 Å². The lowest BCUT2D eigenvalue weighted by Crippen LogP contribution is -2.39. The molecule has 0 aliphatic carbocycles. The average Bonchev–Trinajstić information content (AvgIpc) is 2.60. The van der Waals surface area contributed by atoms with E-state index < -0.39 is 0 Å². The summed E-state index contributed by atoms with van der Waals surface area (Å²) < 4.78 is 11.1. The van der Waals surface area contributed by atoms with E-state index >= 15 is 0 Å². The topological polar surface area (TPSA) is 54.9 Å². The van der Waals surface area contributed by atoms with Crippen molar-refractivity contribution in [2.75, 3.05) is 26.8 Å². The smallest absolute Gasteiger partial charge is 0.191 e. The maximum atomic E-state index is 5.80. The van der Waals surface area contributed by atoms with Crippen molar-refractivity contribution in [3.8, 4) is 0 Å². The fourth-order valence-corrected chi connectivity index (χ4v) is 2.67. The maximum Gasteiger partial charge on any atom is 0.191 e. The third kappa shape index (κ3) is 9.73. The number of benzene rings is 1. The van der Waals surface area contributed by atoms with Gasteiger partial charge in [-0.15, -0.1) is 24.0 Å². The molecule has 0 aromatic heterocycles. The van der Waals surface area contributed by atoms with E-state index in [1.807, 2.05) is 19.1 Å². The van der Waals surface area contributed by atoms with Crippen LogP contribution in [0.3, 0.4) is 0 Å². The number of aliphatic imine (C=N–C) groups is 1. The average molecular weight is 477 g/mol. The van der Waals surface area contributed by atoms with Crippen molar-refractivity contribution in [2.45, 2.75) is 53.4 Å². The van der Waals surface area contributed by atoms with Crippen LogP contribution >= 0.6 is 24.0 Å². The first-order valence-electron chi connectivity index (χ1n) is 9.31. The molecule has 2 N–H and O–H groups in total. The zero-order valence-electron chi connectivity index (χ0n) is 16.9. The van der Waals surface area contributed by atoms with Gasteiger partial charge < -0.3 is 20.1 Å². The van der Waals surface area contributed by atoms with Crippen molar-refractivity contribution < 1.29 is 9.47 Å². The first kappa shape index (κ1) is 25.1. The molecule has 1 aromatic rings. The van der Waals surface area contributed by atoms with Crippen molar-refractivity contribution in [1.82, 2.24) is 10.6 Å². The third-order valence-corrected chi connectivity index (χ3v) is 4.02. The Morgan fingerprint density at radius 3 is 2.38 bits per heavy atom. The van der Waals surface area contributed by atoms with Crippen LogP contribution in [-0.4, -0.2) is 38.9 Å². The van der Waals surface area contributed by atoms with Gasteiger partial charge in [0.15, 0.2) is 5.96 Å². The lowest BCUT2D eigenvalue weighted by Gasteiger charge is -2.21. The molecule has 0 amide bonds. The SMILES string of the molecule is CCNC(=NCc1ccccc1COC)NCCC(OCC)C(C)C.I. The highest BCUT2D eigenvalue weighted by molar-refractivity contribution is 14.0. The Hall–Kier alpha value is -0.860. The van der Waals surface area contributed by atoms with E-state index in [0.29, 0.717) is 19.1 Å². The van der Waals surface area contributed by atoms with Crippen LogP contribution in [-0.2, 0) is 22.6 Å². The predicted molar refractivity (Wildman–Crippen MR) is 120 cm³/mol. The zero-order chi connectivity index (χ0) is 18.5. The molecule has 0 bridgehead atoms. The molecule has 0 saturated carbocycles. The summed E-state index contributed by atoms with van der Waals surface area (Å²) >= 11 is 0. The minimum absolute atomic E-state index is 0. The Labute approximate surface area is 176 Å². The van der Waals surface area contributed by atoms with Gasteiger partial charge in [-0.1, -0.05) is 38.1 Å². The fourth-order valence-electron chi connectivity index (χ4n) is 2.67. The number of ether oxygens (including phenoxy) is 2. The second-order valence-electron chi connectivity index (χ2n) is 6.35. The highest BCUT2D eigenvalue weighted by Crippen LogP contribution is 2.12. The van der Waals surface area contributed by atoms with Gasteiger partial charge in [-0.3, -0.25) is 0 Å². The summed E-state index contributed by atoms with van der Waals surface area (Å²) in [4.78, 5) is 4.71. The van der Waals surface area contributed by atoms with Gasteiger partial charge >= 0.3 is 0 Å². The molecule has 0 spiro atoms. The van der Waals surface area contributed by atoms with E-state index in [4.69, 9.17) is 14.5 Å². The summed E-state index contributed by atoms with van der Waals surface area (Å²) in [7, 11) is 1.72. The van der Waals surface area contributed by atoms with E-state index in [9.17, 15) is 0 Å². The first-order valence-corrected chi connectivity index (χ1v) is 9.31. The molecule has 1 atom stereocenters. The van der Waals surface area contributed by atoms with Crippen molar-refractivity contribution >= 4 is 29.9 Å². The largest absolute Gasteiger partial charge is 0.380 e. The lowest BCUT2D eigenvalue weighted by molar-refractivity contribution is 0.0258. The maximum absolute atomic E-state index is 5.80. The van der Waals surface area contributed by atoms with Crippen LogP contribution in [0.25, 0.3) is 0 Å². The Morgan fingerprint density at radius 2 is 1.81 bits per heavy atom. The third-order valence-electron chi connectivity index (χ3n) is 4.02. The van der Waals surface area contributed by atoms with Crippen molar-refractivity contribution in [3.63, 3.8) is 0 Å². The Morgan fingerprint density at radius 1 is 1.12 bits per heavy atom. The van der Waals surface area contributed by atoms with E-state index in [1.54, 1.807) is 7.11 Å². The minimum Gasteiger partial charge on any atom is -0.380 e. The molecule has 0 radical (unpaired) electrons. The van der Waals surface area contributed by atoms with E-state index in [1.165, 1.54) is 11.1 Å². The van der Waals surface area contributed by atoms with E-state index in [0.717, 1.165) is 32.1 Å². The molecule has 26 heavy (non-hydrogen) atoms. The second-order valence-corrected chi connectivity index (χ2v) is 6.35. The zero-order valence-corrected chi connectivity index (χ0v) is 19.2. The number of nitrogens with one attached hydrogen (secondary N) is 2. The van der Waals surface area contributed by atoms with Gasteiger partial charge in [-0.25, -0.2) is 4.99 Å². The molecule has 0 saturated heterocycles. The van der Waals surface area contributed by atoms with Gasteiger partial charge in [0.05, 0.1) is 19.3 Å². The van der Waals surface area contributed by atoms with Crippen LogP contribution in [0.2, 0.25) is 0 Å². The van der Waals surface area contributed by atoms with Gasteiger partial charge in [-0.2, -0.15) is 0 Å². The molecule has 0 aliphatic heterocycles. The fraction of sp³-hybridized carbons (Fsp3) is 0.650. The molecule has 0 fully saturated rings. The summed E-state index contributed by atoms with van der Waals surface area (Å²) in [5.74, 6) is 1.36. The molecule has 1 rings (SSSR count). The van der Waals surface area contributed by atoms with Crippen molar-refractivity contribution in [2.24, 2.45) is 10.9 Å². The number of methoxy groups -OCH3 is 1. The summed E-state index contributed by atoms with van der Waals surface area (Å²) in [6, 6.07) is 8.26. The number of hydrogen-bond acceptors (Lipinski definition) is 3. The van der Waals surface area contributed by atoms with Crippen LogP contribution in [0.15, 0.2) is 29.3 Å². The van der Waals surface area contributed by atoms with E-state index in [-0.39, 0.29) is 30.1 Å². The number of nitrogens with zero attached hydrogens (tertiary/aromatic N) is 1. The number of hydrogen-bond donors (Lipinski definition) is 2. The Balaban J connectivity index is 0.00000625. The van der Waals surface area contributed by atoms with Crippen LogP contribution < -0.4 is 10.6 Å². The number of guanidine groups is 1. The molecule has 0 heterocycles. The summed E-state index contributed by atoms with van der Waals surface area (Å²) in [6.45, 7) is 12.2. The Bertz CT molecular complexity index is 510. The normalized spacial score (nSPS) is 12.6. The van der Waals surface area contributed by atoms with Crippen LogP contribution in [0.1, 0.15) is 45.2 Å². The highest BCUT2D eigenvalue weighted by Gasteiger charge is 2.13. The lowest BCUT2D eigenvalue weighted by atomic mass is 10.0. The van der Waals surface area contributed by atoms with Gasteiger partial charge in [0.1, 0.15) is 0 Å². The monoisotopic (exact) mass is 477 g/mol. The van der Waals surface area contributed by atoms with Crippen molar-refractivity contribution in [3.05, 3.63) is 35.4 Å². The van der Waals surface area contributed by atoms with Crippen LogP contribution in [0.5, 0.6) is 0 Å². The molecule has 1 aromatic carbocycles. The van der Waals surface area contributed by atoms with Gasteiger partial charge in [0.2, 0.25) is 0 Å². The molecule has 0 aliphatic rings. The summed E-state index contributed by atoms with van der Waals surface area (Å²) in [5.41, 5.74) is 2.37. The minimum atomic E-state index is 0. The summed E-state index contributed by atoms with van der Waals surface area (Å²) in [5, 5.41) is 6.72. The molecular weight excluding hydrogens is 441 g/mol. The van der Waals surface area contributed by atoms with Crippen LogP contribution in [0, 0.1) is 5.92 Å². The van der Waals surface area contributed by atoms with Crippen LogP contribution in [0.4, 0.5) is 0 Å².